The maximum absolute atomic E-state index is 3.43. The lowest BCUT2D eigenvalue weighted by molar-refractivity contribution is 0.310. The molecule has 0 aromatic heterocycles. The summed E-state index contributed by atoms with van der Waals surface area (Å²) >= 11 is 0. The van der Waals surface area contributed by atoms with Crippen molar-refractivity contribution >= 4 is 0 Å². The van der Waals surface area contributed by atoms with Crippen molar-refractivity contribution in [3.05, 3.63) is 0 Å². The Hall–Kier alpha value is -0.0800. The summed E-state index contributed by atoms with van der Waals surface area (Å²) in [6, 6.07) is 0. The second-order valence-electron chi connectivity index (χ2n) is 4.66. The van der Waals surface area contributed by atoms with Crippen molar-refractivity contribution < 1.29 is 0 Å². The van der Waals surface area contributed by atoms with Crippen LogP contribution in [0, 0.1) is 5.92 Å². The van der Waals surface area contributed by atoms with Gasteiger partial charge in [-0.25, -0.2) is 0 Å². The highest BCUT2D eigenvalue weighted by Crippen LogP contribution is 2.14. The molecule has 0 radical (unpaired) electrons. The molecule has 0 spiro atoms. The number of rotatable bonds is 7. The summed E-state index contributed by atoms with van der Waals surface area (Å²) in [5, 5.41) is 3.43. The molecule has 84 valence electrons. The maximum atomic E-state index is 3.43. The van der Waals surface area contributed by atoms with Gasteiger partial charge in [0.25, 0.3) is 0 Å². The summed E-state index contributed by atoms with van der Waals surface area (Å²) in [6.45, 7) is 7.34. The minimum absolute atomic E-state index is 0.967. The van der Waals surface area contributed by atoms with Crippen LogP contribution in [0.1, 0.15) is 39.0 Å². The summed E-state index contributed by atoms with van der Waals surface area (Å²) in [5.74, 6) is 0.967. The van der Waals surface area contributed by atoms with Gasteiger partial charge in [-0.2, -0.15) is 0 Å². The maximum Gasteiger partial charge on any atom is -0.00200 e. The lowest BCUT2D eigenvalue weighted by Crippen LogP contribution is -2.21. The lowest BCUT2D eigenvalue weighted by atomic mass is 10.0. The van der Waals surface area contributed by atoms with Crippen LogP contribution in [-0.2, 0) is 0 Å². The van der Waals surface area contributed by atoms with E-state index >= 15 is 0 Å². The Kier molecular flexibility index (Phi) is 6.20. The van der Waals surface area contributed by atoms with Gasteiger partial charge in [-0.3, -0.25) is 0 Å². The summed E-state index contributed by atoms with van der Waals surface area (Å²) in [7, 11) is 2.25. The van der Waals surface area contributed by atoms with Crippen LogP contribution in [0.3, 0.4) is 0 Å². The Morgan fingerprint density at radius 3 is 2.71 bits per heavy atom. The van der Waals surface area contributed by atoms with E-state index in [1.807, 2.05) is 0 Å². The number of nitrogens with zero attached hydrogens (tertiary/aromatic N) is 1. The molecule has 1 fully saturated rings. The third kappa shape index (κ3) is 4.97. The van der Waals surface area contributed by atoms with Crippen LogP contribution in [0.15, 0.2) is 0 Å². The summed E-state index contributed by atoms with van der Waals surface area (Å²) in [4.78, 5) is 2.48. The molecule has 1 rings (SSSR count). The molecule has 1 saturated heterocycles. The molecule has 0 aromatic rings. The molecule has 14 heavy (non-hydrogen) atoms. The average molecular weight is 198 g/mol. The standard InChI is InChI=1S/C12H26N2/c1-3-4-9-14(2)10-5-6-12-7-8-13-11-12/h12-13H,3-11H2,1-2H3. The number of unbranched alkanes of at least 4 members (excludes halogenated alkanes) is 1. The van der Waals surface area contributed by atoms with Gasteiger partial charge in [0, 0.05) is 0 Å². The first-order valence-electron chi connectivity index (χ1n) is 6.22. The van der Waals surface area contributed by atoms with E-state index in [-0.39, 0.29) is 0 Å². The molecular weight excluding hydrogens is 172 g/mol. The molecule has 0 saturated carbocycles. The van der Waals surface area contributed by atoms with Gasteiger partial charge in [0.05, 0.1) is 0 Å². The van der Waals surface area contributed by atoms with Crippen molar-refractivity contribution in [2.45, 2.75) is 39.0 Å². The van der Waals surface area contributed by atoms with E-state index in [1.165, 1.54) is 58.3 Å². The normalized spacial score (nSPS) is 22.1. The average Bonchev–Trinajstić information content (AvgIpc) is 2.67. The van der Waals surface area contributed by atoms with Gasteiger partial charge in [0.15, 0.2) is 0 Å². The van der Waals surface area contributed by atoms with E-state index in [9.17, 15) is 0 Å². The molecule has 0 amide bonds. The smallest absolute Gasteiger partial charge is 0.00200 e. The Balaban J connectivity index is 1.91. The predicted molar refractivity (Wildman–Crippen MR) is 62.6 cm³/mol. The summed E-state index contributed by atoms with van der Waals surface area (Å²) < 4.78 is 0. The van der Waals surface area contributed by atoms with Crippen molar-refractivity contribution in [3.63, 3.8) is 0 Å². The van der Waals surface area contributed by atoms with E-state index in [2.05, 4.69) is 24.2 Å². The van der Waals surface area contributed by atoms with Crippen LogP contribution in [0.4, 0.5) is 0 Å². The van der Waals surface area contributed by atoms with E-state index in [1.54, 1.807) is 0 Å². The highest BCUT2D eigenvalue weighted by molar-refractivity contribution is 4.71. The van der Waals surface area contributed by atoms with Crippen LogP contribution in [0.5, 0.6) is 0 Å². The van der Waals surface area contributed by atoms with Gasteiger partial charge in [-0.15, -0.1) is 0 Å². The van der Waals surface area contributed by atoms with Crippen LogP contribution in [0.25, 0.3) is 0 Å². The molecule has 0 aromatic carbocycles. The van der Waals surface area contributed by atoms with E-state index in [4.69, 9.17) is 0 Å². The number of hydrogen-bond acceptors (Lipinski definition) is 2. The molecule has 1 aliphatic heterocycles. The van der Waals surface area contributed by atoms with Crippen molar-refractivity contribution in [1.29, 1.82) is 0 Å². The highest BCUT2D eigenvalue weighted by Gasteiger charge is 2.13. The molecule has 2 heteroatoms. The first-order chi connectivity index (χ1) is 6.83. The minimum Gasteiger partial charge on any atom is -0.316 e. The summed E-state index contributed by atoms with van der Waals surface area (Å²) in [5.41, 5.74) is 0. The lowest BCUT2D eigenvalue weighted by Gasteiger charge is -2.17. The molecule has 1 heterocycles. The Bertz CT molecular complexity index is 130. The molecule has 1 N–H and O–H groups in total. The molecular formula is C12H26N2. The van der Waals surface area contributed by atoms with Crippen molar-refractivity contribution in [2.24, 2.45) is 5.92 Å². The zero-order valence-corrected chi connectivity index (χ0v) is 9.89. The number of nitrogens with one attached hydrogen (secondary N) is 1. The summed E-state index contributed by atoms with van der Waals surface area (Å²) in [6.07, 6.45) is 6.87. The Labute approximate surface area is 89.1 Å². The fourth-order valence-electron chi connectivity index (χ4n) is 2.15. The van der Waals surface area contributed by atoms with Gasteiger partial charge in [-0.1, -0.05) is 13.3 Å². The van der Waals surface area contributed by atoms with Crippen LogP contribution in [0.2, 0.25) is 0 Å². The largest absolute Gasteiger partial charge is 0.316 e. The SMILES string of the molecule is CCCCN(C)CCCC1CCNC1. The molecule has 2 nitrogen and oxygen atoms in total. The van der Waals surface area contributed by atoms with Gasteiger partial charge in [0.2, 0.25) is 0 Å². The molecule has 1 aliphatic rings. The van der Waals surface area contributed by atoms with Crippen LogP contribution >= 0.6 is 0 Å². The van der Waals surface area contributed by atoms with Crippen LogP contribution in [-0.4, -0.2) is 38.1 Å². The second-order valence-corrected chi connectivity index (χ2v) is 4.66. The fourth-order valence-corrected chi connectivity index (χ4v) is 2.15. The Morgan fingerprint density at radius 2 is 2.07 bits per heavy atom. The van der Waals surface area contributed by atoms with Gasteiger partial charge in [0.1, 0.15) is 0 Å². The third-order valence-corrected chi connectivity index (χ3v) is 3.21. The zero-order chi connectivity index (χ0) is 10.2. The van der Waals surface area contributed by atoms with Gasteiger partial charge in [-0.05, 0) is 64.8 Å². The van der Waals surface area contributed by atoms with Gasteiger partial charge >= 0.3 is 0 Å². The molecule has 1 atom stereocenters. The van der Waals surface area contributed by atoms with Crippen LogP contribution < -0.4 is 5.32 Å². The fraction of sp³-hybridized carbons (Fsp3) is 1.00. The van der Waals surface area contributed by atoms with Crippen molar-refractivity contribution in [3.8, 4) is 0 Å². The van der Waals surface area contributed by atoms with Gasteiger partial charge < -0.3 is 10.2 Å². The molecule has 0 bridgehead atoms. The highest BCUT2D eigenvalue weighted by atomic mass is 15.1. The zero-order valence-electron chi connectivity index (χ0n) is 9.89. The molecule has 1 unspecified atom stereocenters. The molecule has 0 aliphatic carbocycles. The van der Waals surface area contributed by atoms with E-state index in [0.29, 0.717) is 0 Å². The monoisotopic (exact) mass is 198 g/mol. The Morgan fingerprint density at radius 1 is 1.29 bits per heavy atom. The van der Waals surface area contributed by atoms with Crippen molar-refractivity contribution in [1.82, 2.24) is 10.2 Å². The second kappa shape index (κ2) is 7.24. The quantitative estimate of drug-likeness (QED) is 0.674. The first-order valence-corrected chi connectivity index (χ1v) is 6.22. The van der Waals surface area contributed by atoms with E-state index < -0.39 is 0 Å². The van der Waals surface area contributed by atoms with Crippen molar-refractivity contribution in [2.75, 3.05) is 33.2 Å². The van der Waals surface area contributed by atoms with E-state index in [0.717, 1.165) is 5.92 Å². The third-order valence-electron chi connectivity index (χ3n) is 3.21. The minimum atomic E-state index is 0.967. The predicted octanol–water partition coefficient (Wildman–Crippen LogP) is 2.11. The number of hydrogen-bond donors (Lipinski definition) is 1. The topological polar surface area (TPSA) is 15.3 Å². The first kappa shape index (κ1) is 12.0.